The first kappa shape index (κ1) is 19.7. The molecule has 0 radical (unpaired) electrons. The minimum atomic E-state index is -0.510. The van der Waals surface area contributed by atoms with Gasteiger partial charge in [0.25, 0.3) is 11.8 Å². The molecule has 2 amide bonds. The van der Waals surface area contributed by atoms with Gasteiger partial charge in [0.15, 0.2) is 17.3 Å². The number of benzene rings is 1. The van der Waals surface area contributed by atoms with Crippen molar-refractivity contribution < 1.29 is 28.6 Å². The van der Waals surface area contributed by atoms with Crippen LogP contribution < -0.4 is 25.4 Å². The summed E-state index contributed by atoms with van der Waals surface area (Å²) in [5.41, 5.74) is 0.458. The van der Waals surface area contributed by atoms with Gasteiger partial charge < -0.3 is 34.9 Å². The number of carbonyl (C=O) groups is 2. The molecule has 1 aliphatic heterocycles. The third-order valence-corrected chi connectivity index (χ3v) is 4.59. The van der Waals surface area contributed by atoms with Crippen LogP contribution in [0.3, 0.4) is 0 Å². The zero-order valence-corrected chi connectivity index (χ0v) is 15.7. The fourth-order valence-corrected chi connectivity index (χ4v) is 3.01. The van der Waals surface area contributed by atoms with Crippen molar-refractivity contribution in [2.24, 2.45) is 5.92 Å². The molecule has 1 fully saturated rings. The highest BCUT2D eigenvalue weighted by atomic mass is 16.5. The molecular weight excluding hydrogens is 366 g/mol. The van der Waals surface area contributed by atoms with Crippen LogP contribution in [0, 0.1) is 5.92 Å². The lowest BCUT2D eigenvalue weighted by Crippen LogP contribution is -2.34. The van der Waals surface area contributed by atoms with E-state index in [9.17, 15) is 14.7 Å². The second-order valence-corrected chi connectivity index (χ2v) is 6.38. The molecule has 1 aromatic carbocycles. The smallest absolute Gasteiger partial charge is 0.291 e. The Hall–Kier alpha value is -3.04. The summed E-state index contributed by atoms with van der Waals surface area (Å²) in [4.78, 5) is 25.1. The maximum atomic E-state index is 12.8. The molecule has 9 nitrogen and oxygen atoms in total. The first-order valence-corrected chi connectivity index (χ1v) is 8.81. The van der Waals surface area contributed by atoms with Gasteiger partial charge in [-0.3, -0.25) is 9.59 Å². The molecule has 1 aromatic heterocycles. The summed E-state index contributed by atoms with van der Waals surface area (Å²) in [5, 5.41) is 18.4. The Morgan fingerprint density at radius 2 is 1.96 bits per heavy atom. The molecule has 2 atom stereocenters. The Labute approximate surface area is 162 Å². The van der Waals surface area contributed by atoms with Crippen molar-refractivity contribution in [2.45, 2.75) is 6.10 Å². The first-order valence-electron chi connectivity index (χ1n) is 8.81. The number of anilines is 1. The number of aliphatic hydroxyl groups is 1. The first-order chi connectivity index (χ1) is 13.5. The van der Waals surface area contributed by atoms with E-state index in [4.69, 9.17) is 13.9 Å². The number of carbonyl (C=O) groups excluding carboxylic acids is 2. The molecule has 2 heterocycles. The number of methoxy groups -OCH3 is 2. The lowest BCUT2D eigenvalue weighted by Gasteiger charge is -2.17. The van der Waals surface area contributed by atoms with E-state index in [1.165, 1.54) is 38.7 Å². The van der Waals surface area contributed by atoms with E-state index in [-0.39, 0.29) is 22.9 Å². The van der Waals surface area contributed by atoms with Crippen molar-refractivity contribution in [3.63, 3.8) is 0 Å². The number of β-amino-alcohol motifs (C(OH)–C–C–N with tert-alkyl or cyclic N) is 1. The van der Waals surface area contributed by atoms with Gasteiger partial charge in [-0.1, -0.05) is 0 Å². The summed E-state index contributed by atoms with van der Waals surface area (Å²) in [6, 6.07) is 6.12. The average molecular weight is 389 g/mol. The Morgan fingerprint density at radius 3 is 2.57 bits per heavy atom. The molecule has 0 bridgehead atoms. The number of nitrogens with one attached hydrogen (secondary N) is 3. The van der Waals surface area contributed by atoms with Gasteiger partial charge in [0.05, 0.1) is 37.8 Å². The fraction of sp³-hybridized carbons (Fsp3) is 0.368. The summed E-state index contributed by atoms with van der Waals surface area (Å²) in [7, 11) is 2.92. The van der Waals surface area contributed by atoms with Gasteiger partial charge in [-0.05, 0) is 18.2 Å². The SMILES string of the molecule is COc1cc(NC(=O)c2ccco2)c(C(=O)NCC2CNCC2O)cc1OC. The second-order valence-electron chi connectivity index (χ2n) is 6.38. The standard InChI is InChI=1S/C19H23N3O6/c1-26-16-6-12(18(24)21-9-11-8-20-10-14(11)23)13(7-17(16)27-2)22-19(25)15-4-3-5-28-15/h3-7,11,14,20,23H,8-10H2,1-2H3,(H,21,24)(H,22,25). The average Bonchev–Trinajstić information content (AvgIpc) is 3.37. The van der Waals surface area contributed by atoms with Crippen LogP contribution in [0.25, 0.3) is 0 Å². The van der Waals surface area contributed by atoms with E-state index >= 15 is 0 Å². The molecule has 3 rings (SSSR count). The van der Waals surface area contributed by atoms with Crippen molar-refractivity contribution in [2.75, 3.05) is 39.2 Å². The normalized spacial score (nSPS) is 18.5. The third-order valence-electron chi connectivity index (χ3n) is 4.59. The molecule has 0 saturated carbocycles. The highest BCUT2D eigenvalue weighted by Crippen LogP contribution is 2.33. The molecule has 2 aromatic rings. The highest BCUT2D eigenvalue weighted by Gasteiger charge is 2.26. The van der Waals surface area contributed by atoms with Crippen LogP contribution in [0.4, 0.5) is 5.69 Å². The highest BCUT2D eigenvalue weighted by molar-refractivity contribution is 6.08. The molecule has 9 heteroatoms. The van der Waals surface area contributed by atoms with Crippen LogP contribution in [0.5, 0.6) is 11.5 Å². The van der Waals surface area contributed by atoms with Gasteiger partial charge in [-0.2, -0.15) is 0 Å². The molecule has 4 N–H and O–H groups in total. The Balaban J connectivity index is 1.84. The lowest BCUT2D eigenvalue weighted by molar-refractivity contribution is 0.0927. The maximum Gasteiger partial charge on any atom is 0.291 e. The van der Waals surface area contributed by atoms with E-state index in [2.05, 4.69) is 16.0 Å². The molecule has 2 unspecified atom stereocenters. The Bertz CT molecular complexity index is 836. The predicted molar refractivity (Wildman–Crippen MR) is 101 cm³/mol. The molecule has 1 aliphatic rings. The van der Waals surface area contributed by atoms with Crippen molar-refractivity contribution in [1.82, 2.24) is 10.6 Å². The van der Waals surface area contributed by atoms with Crippen LogP contribution in [0.2, 0.25) is 0 Å². The monoisotopic (exact) mass is 389 g/mol. The zero-order valence-electron chi connectivity index (χ0n) is 15.7. The van der Waals surface area contributed by atoms with Crippen molar-refractivity contribution in [3.8, 4) is 11.5 Å². The lowest BCUT2D eigenvalue weighted by atomic mass is 10.1. The summed E-state index contributed by atoms with van der Waals surface area (Å²) < 4.78 is 15.6. The van der Waals surface area contributed by atoms with Crippen molar-refractivity contribution >= 4 is 17.5 Å². The van der Waals surface area contributed by atoms with E-state index in [1.807, 2.05) is 0 Å². The van der Waals surface area contributed by atoms with E-state index < -0.39 is 17.9 Å². The predicted octanol–water partition coefficient (Wildman–Crippen LogP) is 0.859. The quantitative estimate of drug-likeness (QED) is 0.554. The van der Waals surface area contributed by atoms with Crippen LogP contribution in [-0.2, 0) is 0 Å². The van der Waals surface area contributed by atoms with Gasteiger partial charge in [0.1, 0.15) is 0 Å². The third kappa shape index (κ3) is 4.26. The van der Waals surface area contributed by atoms with Gasteiger partial charge >= 0.3 is 0 Å². The van der Waals surface area contributed by atoms with E-state index in [0.717, 1.165) is 0 Å². The number of furan rings is 1. The molecular formula is C19H23N3O6. The molecule has 0 aliphatic carbocycles. The summed E-state index contributed by atoms with van der Waals surface area (Å²) in [6.07, 6.45) is 0.877. The minimum absolute atomic E-state index is 0.0785. The van der Waals surface area contributed by atoms with Crippen LogP contribution in [0.1, 0.15) is 20.9 Å². The van der Waals surface area contributed by atoms with Crippen LogP contribution in [0.15, 0.2) is 34.9 Å². The van der Waals surface area contributed by atoms with Crippen LogP contribution >= 0.6 is 0 Å². The maximum absolute atomic E-state index is 12.8. The fourth-order valence-electron chi connectivity index (χ4n) is 3.01. The van der Waals surface area contributed by atoms with Gasteiger partial charge in [-0.15, -0.1) is 0 Å². The Morgan fingerprint density at radius 1 is 1.21 bits per heavy atom. The molecule has 28 heavy (non-hydrogen) atoms. The van der Waals surface area contributed by atoms with Crippen molar-refractivity contribution in [1.29, 1.82) is 0 Å². The topological polar surface area (TPSA) is 122 Å². The number of amides is 2. The van der Waals surface area contributed by atoms with E-state index in [0.29, 0.717) is 31.1 Å². The Kier molecular flexibility index (Phi) is 6.17. The largest absolute Gasteiger partial charge is 0.493 e. The summed E-state index contributed by atoms with van der Waals surface area (Å²) in [6.45, 7) is 1.42. The summed E-state index contributed by atoms with van der Waals surface area (Å²) >= 11 is 0. The number of aliphatic hydroxyl groups excluding tert-OH is 1. The van der Waals surface area contributed by atoms with Crippen molar-refractivity contribution in [3.05, 3.63) is 41.9 Å². The molecule has 1 saturated heterocycles. The number of ether oxygens (including phenoxy) is 2. The molecule has 0 spiro atoms. The van der Waals surface area contributed by atoms with Gasteiger partial charge in [-0.25, -0.2) is 0 Å². The summed E-state index contributed by atoms with van der Waals surface area (Å²) in [5.74, 6) is -0.154. The second kappa shape index (κ2) is 8.77. The van der Waals surface area contributed by atoms with Gasteiger partial charge in [0, 0.05) is 31.6 Å². The van der Waals surface area contributed by atoms with Crippen LogP contribution in [-0.4, -0.2) is 56.9 Å². The minimum Gasteiger partial charge on any atom is -0.493 e. The number of hydrogen-bond donors (Lipinski definition) is 4. The zero-order chi connectivity index (χ0) is 20.1. The van der Waals surface area contributed by atoms with E-state index in [1.54, 1.807) is 6.07 Å². The van der Waals surface area contributed by atoms with Gasteiger partial charge in [0.2, 0.25) is 0 Å². The number of hydrogen-bond acceptors (Lipinski definition) is 7. The molecule has 150 valence electrons. The number of rotatable bonds is 7.